The Balaban J connectivity index is 1.23. The number of fused-ring (bicyclic) bond motifs is 2. The second kappa shape index (κ2) is 9.98. The van der Waals surface area contributed by atoms with Crippen LogP contribution in [-0.2, 0) is 25.9 Å². The number of nitrogens with zero attached hydrogens (tertiary/aromatic N) is 6. The smallest absolute Gasteiger partial charge is 0.195 e. The third-order valence-electron chi connectivity index (χ3n) is 8.04. The third kappa shape index (κ3) is 4.60. The topological polar surface area (TPSA) is 57.5 Å². The maximum atomic E-state index is 13.7. The summed E-state index contributed by atoms with van der Waals surface area (Å²) in [5.41, 5.74) is 5.56. The fourth-order valence-electron chi connectivity index (χ4n) is 5.81. The first kappa shape index (κ1) is 23.7. The molecule has 1 aliphatic heterocycles. The summed E-state index contributed by atoms with van der Waals surface area (Å²) in [5.74, 6) is 1.02. The zero-order chi connectivity index (χ0) is 25.4. The van der Waals surface area contributed by atoms with Crippen molar-refractivity contribution in [3.8, 4) is 0 Å². The van der Waals surface area contributed by atoms with Crippen LogP contribution in [0.1, 0.15) is 23.6 Å². The molecule has 1 fully saturated rings. The third-order valence-corrected chi connectivity index (χ3v) is 8.04. The molecule has 0 atom stereocenters. The minimum atomic E-state index is 0.101. The summed E-state index contributed by atoms with van der Waals surface area (Å²) >= 11 is 0. The highest BCUT2D eigenvalue weighted by Crippen LogP contribution is 2.28. The lowest BCUT2D eigenvalue weighted by atomic mass is 10.1. The largest absolute Gasteiger partial charge is 0.370 e. The summed E-state index contributed by atoms with van der Waals surface area (Å²) in [7, 11) is 2.13. The number of rotatable bonds is 6. The molecule has 0 unspecified atom stereocenters. The number of benzene rings is 1. The van der Waals surface area contributed by atoms with Crippen LogP contribution in [0.3, 0.4) is 0 Å². The fourth-order valence-corrected chi connectivity index (χ4v) is 5.81. The number of hydrogen-bond donors (Lipinski definition) is 0. The van der Waals surface area contributed by atoms with Gasteiger partial charge in [0, 0.05) is 70.3 Å². The Labute approximate surface area is 218 Å². The molecule has 0 N–H and O–H groups in total. The Morgan fingerprint density at radius 3 is 2.38 bits per heavy atom. The molecule has 7 nitrogen and oxygen atoms in total. The van der Waals surface area contributed by atoms with Crippen LogP contribution < -0.4 is 15.2 Å². The van der Waals surface area contributed by atoms with E-state index in [1.165, 1.54) is 11.1 Å². The molecule has 0 saturated carbocycles. The summed E-state index contributed by atoms with van der Waals surface area (Å²) in [6.07, 6.45) is 7.82. The van der Waals surface area contributed by atoms with Gasteiger partial charge in [0.15, 0.2) is 5.43 Å². The van der Waals surface area contributed by atoms with Crippen molar-refractivity contribution in [3.05, 3.63) is 94.0 Å². The minimum absolute atomic E-state index is 0.101. The van der Waals surface area contributed by atoms with Crippen LogP contribution in [0.2, 0.25) is 0 Å². The quantitative estimate of drug-likeness (QED) is 0.407. The standard InChI is InChI=1S/C30H34N6O/c1-3-35-21-24(20-34-12-14-36(15-13-34)28-10-6-7-11-31-28)29(37)27-18-26(19-32-30(27)35)33(2)25-16-22-8-4-5-9-23(22)17-25/h4-11,18-19,21,25H,3,12-17,20H2,1-2H3. The van der Waals surface area contributed by atoms with E-state index in [1.54, 1.807) is 0 Å². The van der Waals surface area contributed by atoms with Crippen LogP contribution in [0.15, 0.2) is 71.9 Å². The van der Waals surface area contributed by atoms with E-state index >= 15 is 0 Å². The normalized spacial score (nSPS) is 16.3. The van der Waals surface area contributed by atoms with E-state index in [9.17, 15) is 4.79 Å². The van der Waals surface area contributed by atoms with Gasteiger partial charge in [-0.2, -0.15) is 0 Å². The average Bonchev–Trinajstić information content (AvgIpc) is 3.39. The highest BCUT2D eigenvalue weighted by molar-refractivity contribution is 5.79. The van der Waals surface area contributed by atoms with Crippen LogP contribution in [0.5, 0.6) is 0 Å². The van der Waals surface area contributed by atoms with Gasteiger partial charge in [0.25, 0.3) is 0 Å². The predicted octanol–water partition coefficient (Wildman–Crippen LogP) is 3.74. The van der Waals surface area contributed by atoms with Crippen LogP contribution >= 0.6 is 0 Å². The van der Waals surface area contributed by atoms with Crippen molar-refractivity contribution in [1.82, 2.24) is 19.4 Å². The van der Waals surface area contributed by atoms with Gasteiger partial charge in [0.1, 0.15) is 11.5 Å². The van der Waals surface area contributed by atoms with Crippen molar-refractivity contribution < 1.29 is 0 Å². The van der Waals surface area contributed by atoms with E-state index < -0.39 is 0 Å². The zero-order valence-electron chi connectivity index (χ0n) is 21.7. The highest BCUT2D eigenvalue weighted by atomic mass is 16.1. The van der Waals surface area contributed by atoms with Gasteiger partial charge in [0.05, 0.1) is 17.3 Å². The molecule has 0 bridgehead atoms. The van der Waals surface area contributed by atoms with Gasteiger partial charge in [-0.25, -0.2) is 9.97 Å². The first-order valence-corrected chi connectivity index (χ1v) is 13.3. The zero-order valence-corrected chi connectivity index (χ0v) is 21.7. The lowest BCUT2D eigenvalue weighted by Crippen LogP contribution is -2.46. The number of piperazine rings is 1. The highest BCUT2D eigenvalue weighted by Gasteiger charge is 2.26. The van der Waals surface area contributed by atoms with Crippen LogP contribution in [0, 0.1) is 0 Å². The van der Waals surface area contributed by atoms with Gasteiger partial charge < -0.3 is 14.4 Å². The van der Waals surface area contributed by atoms with E-state index in [0.717, 1.165) is 68.3 Å². The van der Waals surface area contributed by atoms with Crippen molar-refractivity contribution in [2.45, 2.75) is 38.9 Å². The predicted molar refractivity (Wildman–Crippen MR) is 149 cm³/mol. The Hall–Kier alpha value is -3.71. The molecular formula is C30H34N6O. The molecule has 6 rings (SSSR count). The van der Waals surface area contributed by atoms with Gasteiger partial charge in [-0.1, -0.05) is 30.3 Å². The van der Waals surface area contributed by atoms with Crippen LogP contribution in [0.4, 0.5) is 11.5 Å². The molecule has 4 aromatic rings. The van der Waals surface area contributed by atoms with Gasteiger partial charge in [-0.05, 0) is 49.1 Å². The van der Waals surface area contributed by atoms with Crippen LogP contribution in [0.25, 0.3) is 11.0 Å². The molecule has 3 aromatic heterocycles. The minimum Gasteiger partial charge on any atom is -0.370 e. The summed E-state index contributed by atoms with van der Waals surface area (Å²) in [5, 5.41) is 0.714. The van der Waals surface area contributed by atoms with Crippen molar-refractivity contribution in [1.29, 1.82) is 0 Å². The van der Waals surface area contributed by atoms with Gasteiger partial charge in [0.2, 0.25) is 0 Å². The maximum Gasteiger partial charge on any atom is 0.195 e. The van der Waals surface area contributed by atoms with Crippen molar-refractivity contribution in [2.24, 2.45) is 0 Å². The molecule has 0 spiro atoms. The summed E-state index contributed by atoms with van der Waals surface area (Å²) in [6, 6.07) is 17.2. The molecule has 2 aliphatic rings. The maximum absolute atomic E-state index is 13.7. The Morgan fingerprint density at radius 2 is 1.70 bits per heavy atom. The van der Waals surface area contributed by atoms with Gasteiger partial charge in [-0.3, -0.25) is 9.69 Å². The lowest BCUT2D eigenvalue weighted by molar-refractivity contribution is 0.248. The lowest BCUT2D eigenvalue weighted by Gasteiger charge is -2.35. The Kier molecular flexibility index (Phi) is 6.38. The molecule has 0 radical (unpaired) electrons. The van der Waals surface area contributed by atoms with E-state index in [-0.39, 0.29) is 5.43 Å². The molecule has 1 aromatic carbocycles. The van der Waals surface area contributed by atoms with E-state index in [4.69, 9.17) is 4.98 Å². The molecule has 1 aliphatic carbocycles. The van der Waals surface area contributed by atoms with E-state index in [0.29, 0.717) is 18.0 Å². The fraction of sp³-hybridized carbons (Fsp3) is 0.367. The monoisotopic (exact) mass is 494 g/mol. The number of hydrogen-bond acceptors (Lipinski definition) is 6. The van der Waals surface area contributed by atoms with Crippen LogP contribution in [-0.4, -0.2) is 58.7 Å². The number of pyridine rings is 3. The molecule has 4 heterocycles. The second-order valence-corrected chi connectivity index (χ2v) is 10.2. The second-order valence-electron chi connectivity index (χ2n) is 10.2. The SMILES string of the molecule is CCn1cc(CN2CCN(c3ccccn3)CC2)c(=O)c2cc(N(C)C3Cc4ccccc4C3)cnc21. The van der Waals surface area contributed by atoms with Crippen molar-refractivity contribution >= 4 is 22.5 Å². The molecule has 190 valence electrons. The summed E-state index contributed by atoms with van der Waals surface area (Å²) in [6.45, 7) is 7.17. The summed E-state index contributed by atoms with van der Waals surface area (Å²) < 4.78 is 2.12. The molecular weight excluding hydrogens is 460 g/mol. The van der Waals surface area contributed by atoms with E-state index in [1.807, 2.05) is 30.7 Å². The molecule has 1 saturated heterocycles. The molecule has 7 heteroatoms. The first-order valence-electron chi connectivity index (χ1n) is 13.3. The number of aromatic nitrogens is 3. The number of anilines is 2. The molecule has 37 heavy (non-hydrogen) atoms. The van der Waals surface area contributed by atoms with Gasteiger partial charge >= 0.3 is 0 Å². The Morgan fingerprint density at radius 1 is 0.973 bits per heavy atom. The van der Waals surface area contributed by atoms with E-state index in [2.05, 4.69) is 74.6 Å². The Bertz CT molecular complexity index is 1430. The number of aryl methyl sites for hydroxylation is 1. The first-order chi connectivity index (χ1) is 18.1. The molecule has 0 amide bonds. The number of likely N-dealkylation sites (N-methyl/N-ethyl adjacent to an activating group) is 1. The van der Waals surface area contributed by atoms with Gasteiger partial charge in [-0.15, -0.1) is 0 Å². The summed E-state index contributed by atoms with van der Waals surface area (Å²) in [4.78, 5) is 30.0. The average molecular weight is 495 g/mol. The van der Waals surface area contributed by atoms with Crippen molar-refractivity contribution in [2.75, 3.05) is 43.0 Å². The van der Waals surface area contributed by atoms with Crippen molar-refractivity contribution in [3.63, 3.8) is 0 Å².